The van der Waals surface area contributed by atoms with Crippen molar-refractivity contribution in [1.29, 1.82) is 5.26 Å². The Bertz CT molecular complexity index is 1560. The Morgan fingerprint density at radius 1 is 1.20 bits per heavy atom. The van der Waals surface area contributed by atoms with E-state index in [0.29, 0.717) is 24.1 Å². The number of nitrogens with zero attached hydrogens (tertiary/aromatic N) is 3. The quantitative estimate of drug-likeness (QED) is 0.400. The van der Waals surface area contributed by atoms with Gasteiger partial charge < -0.3 is 15.0 Å². The average molecular weight is 564 g/mol. The third kappa shape index (κ3) is 6.27. The molecule has 9 nitrogen and oxygen atoms in total. The Labute approximate surface area is 236 Å². The number of rotatable bonds is 8. The molecule has 1 saturated heterocycles. The number of ether oxygens (including phenoxy) is 1. The van der Waals surface area contributed by atoms with Gasteiger partial charge in [0.05, 0.1) is 29.3 Å². The van der Waals surface area contributed by atoms with Gasteiger partial charge in [0.1, 0.15) is 11.9 Å². The molecule has 1 aliphatic rings. The minimum absolute atomic E-state index is 0.0575. The van der Waals surface area contributed by atoms with Gasteiger partial charge in [-0.3, -0.25) is 14.4 Å². The van der Waals surface area contributed by atoms with Gasteiger partial charge >= 0.3 is 5.56 Å². The molecule has 1 fully saturated rings. The molecule has 2 N–H and O–H groups in total. The van der Waals surface area contributed by atoms with Crippen molar-refractivity contribution in [3.63, 3.8) is 0 Å². The number of hydrogen-bond acceptors (Lipinski definition) is 6. The summed E-state index contributed by atoms with van der Waals surface area (Å²) in [5.74, 6) is -2.83. The van der Waals surface area contributed by atoms with Crippen molar-refractivity contribution in [2.45, 2.75) is 65.1 Å². The van der Waals surface area contributed by atoms with Crippen LogP contribution in [0.1, 0.15) is 67.7 Å². The first-order valence-corrected chi connectivity index (χ1v) is 13.3. The second-order valence-electron chi connectivity index (χ2n) is 10.6. The molecule has 214 valence electrons. The molecule has 2 aromatic carbocycles. The molecule has 0 aliphatic carbocycles. The van der Waals surface area contributed by atoms with E-state index < -0.39 is 52.5 Å². The van der Waals surface area contributed by atoms with Crippen LogP contribution in [0.3, 0.4) is 0 Å². The number of halogens is 2. The molecule has 1 aliphatic heterocycles. The number of aryl methyl sites for hydroxylation is 1. The summed E-state index contributed by atoms with van der Waals surface area (Å²) < 4.78 is 34.3. The molecule has 4 rings (SSSR count). The second kappa shape index (κ2) is 11.9. The van der Waals surface area contributed by atoms with Crippen LogP contribution in [0.5, 0.6) is 11.5 Å². The highest BCUT2D eigenvalue weighted by Crippen LogP contribution is 2.43. The summed E-state index contributed by atoms with van der Waals surface area (Å²) >= 11 is 0. The van der Waals surface area contributed by atoms with Gasteiger partial charge in [-0.25, -0.2) is 13.9 Å². The molecule has 1 unspecified atom stereocenters. The first-order valence-electron chi connectivity index (χ1n) is 13.3. The highest BCUT2D eigenvalue weighted by molar-refractivity contribution is 5.97. The molecule has 3 atom stereocenters. The van der Waals surface area contributed by atoms with Crippen molar-refractivity contribution in [2.75, 3.05) is 0 Å². The molecular weight excluding hydrogens is 532 g/mol. The van der Waals surface area contributed by atoms with Gasteiger partial charge in [-0.05, 0) is 75.9 Å². The summed E-state index contributed by atoms with van der Waals surface area (Å²) in [5.41, 5.74) is -0.523. The smallest absolute Gasteiger partial charge is 0.307 e. The van der Waals surface area contributed by atoms with Crippen molar-refractivity contribution in [1.82, 2.24) is 20.4 Å². The van der Waals surface area contributed by atoms with Gasteiger partial charge in [-0.15, -0.1) is 0 Å². The van der Waals surface area contributed by atoms with Crippen LogP contribution in [0.2, 0.25) is 0 Å². The van der Waals surface area contributed by atoms with Crippen LogP contribution < -0.4 is 15.6 Å². The number of carbonyl (C=O) groups excluding carboxylic acids is 2. The van der Waals surface area contributed by atoms with E-state index in [0.717, 1.165) is 6.07 Å². The number of aromatic nitrogens is 2. The Hall–Kier alpha value is -4.59. The van der Waals surface area contributed by atoms with E-state index in [9.17, 15) is 28.4 Å². The SMILES string of the molecule is CCC(NC(=O)c1ccc(Oc2cc(C)n[nH]c2=O)c(F)c1)C(=O)N1[C@H](c2cccc(F)c2)CC[C@@H]1C(C)(C)C#N. The van der Waals surface area contributed by atoms with Gasteiger partial charge in [0.15, 0.2) is 17.3 Å². The van der Waals surface area contributed by atoms with Crippen LogP contribution in [0.4, 0.5) is 8.78 Å². The van der Waals surface area contributed by atoms with Crippen LogP contribution in [0, 0.1) is 35.3 Å². The van der Waals surface area contributed by atoms with Crippen molar-refractivity contribution in [3.05, 3.63) is 87.3 Å². The van der Waals surface area contributed by atoms with Gasteiger partial charge in [0.25, 0.3) is 5.91 Å². The number of nitrogens with one attached hydrogen (secondary N) is 2. The lowest BCUT2D eigenvalue weighted by atomic mass is 9.84. The van der Waals surface area contributed by atoms with Gasteiger partial charge in [0.2, 0.25) is 5.91 Å². The molecule has 0 saturated carbocycles. The first kappa shape index (κ1) is 29.4. The Balaban J connectivity index is 1.57. The van der Waals surface area contributed by atoms with E-state index in [-0.39, 0.29) is 23.5 Å². The third-order valence-electron chi connectivity index (χ3n) is 7.32. The van der Waals surface area contributed by atoms with Crippen LogP contribution in [0.25, 0.3) is 0 Å². The molecular formula is C30H31F2N5O4. The number of H-pyrrole nitrogens is 1. The summed E-state index contributed by atoms with van der Waals surface area (Å²) in [6, 6.07) is 11.2. The maximum atomic E-state index is 14.9. The lowest BCUT2D eigenvalue weighted by Gasteiger charge is -2.38. The largest absolute Gasteiger partial charge is 0.448 e. The molecule has 1 aromatic heterocycles. The fourth-order valence-electron chi connectivity index (χ4n) is 5.10. The zero-order chi connectivity index (χ0) is 29.9. The standard InChI is InChI=1S/C30H31F2N5O4/c1-5-22(29(40)37-23(18-7-6-8-20(31)14-18)10-12-26(37)30(3,4)16-33)34-27(38)19-9-11-24(21(32)15-19)41-25-13-17(2)35-36-28(25)39/h6-9,11,13-15,22-23,26H,5,10,12H2,1-4H3,(H,34,38)(H,36,39)/t22?,23-,26+/m0/s1. The highest BCUT2D eigenvalue weighted by atomic mass is 19.1. The average Bonchev–Trinajstić information content (AvgIpc) is 3.40. The predicted molar refractivity (Wildman–Crippen MR) is 146 cm³/mol. The van der Waals surface area contributed by atoms with Gasteiger partial charge in [-0.1, -0.05) is 19.1 Å². The molecule has 11 heteroatoms. The van der Waals surface area contributed by atoms with Crippen molar-refractivity contribution in [3.8, 4) is 17.6 Å². The van der Waals surface area contributed by atoms with Crippen molar-refractivity contribution < 1.29 is 23.1 Å². The predicted octanol–water partition coefficient (Wildman–Crippen LogP) is 4.94. The van der Waals surface area contributed by atoms with Gasteiger partial charge in [0, 0.05) is 11.6 Å². The number of hydrogen-bond donors (Lipinski definition) is 2. The first-order chi connectivity index (χ1) is 19.4. The topological polar surface area (TPSA) is 128 Å². The summed E-state index contributed by atoms with van der Waals surface area (Å²) in [6.07, 6.45) is 1.29. The van der Waals surface area contributed by atoms with E-state index >= 15 is 0 Å². The molecule has 0 bridgehead atoms. The summed E-state index contributed by atoms with van der Waals surface area (Å²) in [6.45, 7) is 6.86. The molecule has 2 heterocycles. The normalized spacial score (nSPS) is 17.5. The minimum Gasteiger partial charge on any atom is -0.448 e. The van der Waals surface area contributed by atoms with Crippen LogP contribution >= 0.6 is 0 Å². The molecule has 0 spiro atoms. The molecule has 3 aromatic rings. The lowest BCUT2D eigenvalue weighted by molar-refractivity contribution is -0.138. The fraction of sp³-hybridized carbons (Fsp3) is 0.367. The summed E-state index contributed by atoms with van der Waals surface area (Å²) in [7, 11) is 0. The third-order valence-corrected chi connectivity index (χ3v) is 7.32. The minimum atomic E-state index is -0.981. The number of amides is 2. The maximum absolute atomic E-state index is 14.9. The zero-order valence-electron chi connectivity index (χ0n) is 23.2. The van der Waals surface area contributed by atoms with Gasteiger partial charge in [-0.2, -0.15) is 10.4 Å². The van der Waals surface area contributed by atoms with Crippen molar-refractivity contribution >= 4 is 11.8 Å². The van der Waals surface area contributed by atoms with Crippen molar-refractivity contribution in [2.24, 2.45) is 5.41 Å². The van der Waals surface area contributed by atoms with E-state index in [4.69, 9.17) is 4.74 Å². The number of aromatic amines is 1. The molecule has 41 heavy (non-hydrogen) atoms. The summed E-state index contributed by atoms with van der Waals surface area (Å²) in [5, 5.41) is 18.5. The monoisotopic (exact) mass is 563 g/mol. The molecule has 0 radical (unpaired) electrons. The van der Waals surface area contributed by atoms with E-state index in [2.05, 4.69) is 21.6 Å². The van der Waals surface area contributed by atoms with E-state index in [1.54, 1.807) is 44.7 Å². The zero-order valence-corrected chi connectivity index (χ0v) is 23.2. The number of likely N-dealkylation sites (tertiary alicyclic amines) is 1. The lowest BCUT2D eigenvalue weighted by Crippen LogP contribution is -2.53. The van der Waals surface area contributed by atoms with Crippen LogP contribution in [-0.2, 0) is 4.79 Å². The maximum Gasteiger partial charge on any atom is 0.307 e. The number of nitriles is 1. The fourth-order valence-corrected chi connectivity index (χ4v) is 5.10. The highest BCUT2D eigenvalue weighted by Gasteiger charge is 2.47. The number of benzene rings is 2. The Morgan fingerprint density at radius 2 is 1.95 bits per heavy atom. The number of carbonyl (C=O) groups is 2. The van der Waals surface area contributed by atoms with E-state index in [1.807, 2.05) is 0 Å². The van der Waals surface area contributed by atoms with E-state index in [1.165, 1.54) is 30.3 Å². The second-order valence-corrected chi connectivity index (χ2v) is 10.6. The summed E-state index contributed by atoms with van der Waals surface area (Å²) in [4.78, 5) is 40.6. The van der Waals surface area contributed by atoms with Crippen LogP contribution in [-0.4, -0.2) is 39.0 Å². The Morgan fingerprint density at radius 3 is 2.61 bits per heavy atom. The Kier molecular flexibility index (Phi) is 8.52. The molecule has 2 amide bonds. The van der Waals surface area contributed by atoms with Crippen LogP contribution in [0.15, 0.2) is 53.3 Å².